The van der Waals surface area contributed by atoms with Crippen molar-refractivity contribution in [3.63, 3.8) is 0 Å². The summed E-state index contributed by atoms with van der Waals surface area (Å²) < 4.78 is 1.07. The maximum atomic E-state index is 11.4. The quantitative estimate of drug-likeness (QED) is 0.372. The SMILES string of the molecule is O=C(CCBr)c1ccc(I)c(S)c1. The number of Topliss-reactive ketones (excluding diaryl/α,β-unsaturated/α-hetero) is 1. The average Bonchev–Trinajstić information content (AvgIpc) is 2.10. The topological polar surface area (TPSA) is 17.1 Å². The number of halogens is 2. The van der Waals surface area contributed by atoms with Crippen LogP contribution in [0.3, 0.4) is 0 Å². The predicted molar refractivity (Wildman–Crippen MR) is 69.2 cm³/mol. The highest BCUT2D eigenvalue weighted by molar-refractivity contribution is 14.1. The normalized spacial score (nSPS) is 10.1. The van der Waals surface area contributed by atoms with Gasteiger partial charge in [-0.1, -0.05) is 22.0 Å². The highest BCUT2D eigenvalue weighted by Gasteiger charge is 2.05. The number of benzene rings is 1. The molecule has 0 amide bonds. The van der Waals surface area contributed by atoms with Crippen LogP contribution in [0.1, 0.15) is 16.8 Å². The molecule has 0 heterocycles. The molecule has 1 rings (SSSR count). The van der Waals surface area contributed by atoms with E-state index in [-0.39, 0.29) is 5.78 Å². The first-order valence-electron chi connectivity index (χ1n) is 3.73. The van der Waals surface area contributed by atoms with Crippen molar-refractivity contribution in [2.24, 2.45) is 0 Å². The van der Waals surface area contributed by atoms with Gasteiger partial charge in [0.05, 0.1) is 0 Å². The van der Waals surface area contributed by atoms with E-state index in [4.69, 9.17) is 0 Å². The summed E-state index contributed by atoms with van der Waals surface area (Å²) in [6.07, 6.45) is 0.536. The lowest BCUT2D eigenvalue weighted by Gasteiger charge is -2.01. The van der Waals surface area contributed by atoms with Crippen LogP contribution in [0.5, 0.6) is 0 Å². The van der Waals surface area contributed by atoms with E-state index in [0.29, 0.717) is 11.8 Å². The summed E-state index contributed by atoms with van der Waals surface area (Å²) in [4.78, 5) is 12.3. The maximum Gasteiger partial charge on any atom is 0.163 e. The molecule has 0 aromatic heterocycles. The third kappa shape index (κ3) is 3.25. The maximum absolute atomic E-state index is 11.4. The van der Waals surface area contributed by atoms with E-state index in [1.807, 2.05) is 18.2 Å². The zero-order chi connectivity index (χ0) is 9.84. The number of carbonyl (C=O) groups excluding carboxylic acids is 1. The number of hydrogen-bond donors (Lipinski definition) is 1. The zero-order valence-corrected chi connectivity index (χ0v) is 11.4. The van der Waals surface area contributed by atoms with Crippen LogP contribution in [0, 0.1) is 3.57 Å². The molecular formula is C9H8BrIOS. The fourth-order valence-electron chi connectivity index (χ4n) is 0.916. The van der Waals surface area contributed by atoms with Crippen molar-refractivity contribution in [1.29, 1.82) is 0 Å². The Hall–Kier alpha value is 0.450. The van der Waals surface area contributed by atoms with Crippen molar-refractivity contribution in [3.05, 3.63) is 27.3 Å². The van der Waals surface area contributed by atoms with Crippen LogP contribution in [0.2, 0.25) is 0 Å². The Morgan fingerprint density at radius 1 is 1.54 bits per heavy atom. The molecule has 1 aromatic carbocycles. The van der Waals surface area contributed by atoms with Crippen LogP contribution in [-0.4, -0.2) is 11.1 Å². The molecule has 1 nitrogen and oxygen atoms in total. The van der Waals surface area contributed by atoms with Gasteiger partial charge >= 0.3 is 0 Å². The number of hydrogen-bond acceptors (Lipinski definition) is 2. The Balaban J connectivity index is 2.90. The first-order valence-corrected chi connectivity index (χ1v) is 6.37. The van der Waals surface area contributed by atoms with Crippen molar-refractivity contribution < 1.29 is 4.79 Å². The molecule has 0 aliphatic carbocycles. The summed E-state index contributed by atoms with van der Waals surface area (Å²) in [5.74, 6) is 0.156. The van der Waals surface area contributed by atoms with E-state index < -0.39 is 0 Å². The van der Waals surface area contributed by atoms with Crippen molar-refractivity contribution >= 4 is 56.9 Å². The molecule has 0 fully saturated rings. The fourth-order valence-corrected chi connectivity index (χ4v) is 1.83. The molecule has 13 heavy (non-hydrogen) atoms. The van der Waals surface area contributed by atoms with E-state index in [0.717, 1.165) is 14.0 Å². The summed E-state index contributed by atoms with van der Waals surface area (Å²) in [6, 6.07) is 5.56. The lowest BCUT2D eigenvalue weighted by atomic mass is 10.1. The highest BCUT2D eigenvalue weighted by Crippen LogP contribution is 2.18. The van der Waals surface area contributed by atoms with Gasteiger partial charge in [-0.3, -0.25) is 4.79 Å². The van der Waals surface area contributed by atoms with Gasteiger partial charge in [0.2, 0.25) is 0 Å². The number of rotatable bonds is 3. The predicted octanol–water partition coefficient (Wildman–Crippen LogP) is 3.55. The van der Waals surface area contributed by atoms with E-state index in [9.17, 15) is 4.79 Å². The second kappa shape index (κ2) is 5.36. The molecule has 0 aliphatic heterocycles. The van der Waals surface area contributed by atoms with Gasteiger partial charge in [-0.25, -0.2) is 0 Å². The molecule has 0 radical (unpaired) electrons. The van der Waals surface area contributed by atoms with Crippen LogP contribution in [0.25, 0.3) is 0 Å². The Labute approximate surface area is 105 Å². The van der Waals surface area contributed by atoms with E-state index >= 15 is 0 Å². The molecule has 0 saturated carbocycles. The third-order valence-corrected chi connectivity index (χ3v) is 3.72. The van der Waals surface area contributed by atoms with Crippen molar-refractivity contribution in [2.75, 3.05) is 5.33 Å². The molecular weight excluding hydrogens is 363 g/mol. The second-order valence-corrected chi connectivity index (χ2v) is 4.97. The molecule has 0 atom stereocenters. The zero-order valence-electron chi connectivity index (χ0n) is 6.76. The minimum absolute atomic E-state index is 0.156. The molecule has 0 aliphatic rings. The lowest BCUT2D eigenvalue weighted by molar-refractivity contribution is 0.0989. The van der Waals surface area contributed by atoms with Crippen LogP contribution in [0.4, 0.5) is 0 Å². The first-order chi connectivity index (χ1) is 6.15. The molecule has 0 spiro atoms. The standard InChI is InChI=1S/C9H8BrIOS/c10-4-3-8(12)6-1-2-7(11)9(13)5-6/h1-2,5,13H,3-4H2. The molecule has 1 aromatic rings. The van der Waals surface area contributed by atoms with Gasteiger partial charge in [0.1, 0.15) is 0 Å². The van der Waals surface area contributed by atoms with Gasteiger partial charge in [-0.2, -0.15) is 0 Å². The number of ketones is 1. The first kappa shape index (κ1) is 11.5. The van der Waals surface area contributed by atoms with Crippen LogP contribution < -0.4 is 0 Å². The van der Waals surface area contributed by atoms with Gasteiger partial charge in [0.15, 0.2) is 5.78 Å². The Bertz CT molecular complexity index is 327. The number of alkyl halides is 1. The van der Waals surface area contributed by atoms with Crippen molar-refractivity contribution in [3.8, 4) is 0 Å². The van der Waals surface area contributed by atoms with Gasteiger partial charge in [0.25, 0.3) is 0 Å². The minimum Gasteiger partial charge on any atom is -0.294 e. The highest BCUT2D eigenvalue weighted by atomic mass is 127. The summed E-state index contributed by atoms with van der Waals surface area (Å²) in [5.41, 5.74) is 0.741. The summed E-state index contributed by atoms with van der Waals surface area (Å²) in [6.45, 7) is 0. The largest absolute Gasteiger partial charge is 0.294 e. The molecule has 4 heteroatoms. The molecule has 70 valence electrons. The summed E-state index contributed by atoms with van der Waals surface area (Å²) in [5, 5.41) is 0.708. The van der Waals surface area contributed by atoms with Crippen molar-refractivity contribution in [2.45, 2.75) is 11.3 Å². The number of carbonyl (C=O) groups is 1. The second-order valence-electron chi connectivity index (χ2n) is 2.53. The molecule has 0 saturated heterocycles. The van der Waals surface area contributed by atoms with Crippen LogP contribution in [-0.2, 0) is 0 Å². The van der Waals surface area contributed by atoms with Crippen molar-refractivity contribution in [1.82, 2.24) is 0 Å². The van der Waals surface area contributed by atoms with Gasteiger partial charge < -0.3 is 0 Å². The van der Waals surface area contributed by atoms with Crippen LogP contribution >= 0.6 is 51.1 Å². The van der Waals surface area contributed by atoms with Gasteiger partial charge in [0, 0.05) is 25.8 Å². The van der Waals surface area contributed by atoms with Crippen LogP contribution in [0.15, 0.2) is 23.1 Å². The summed E-state index contributed by atoms with van der Waals surface area (Å²) >= 11 is 9.69. The Kier molecular flexibility index (Phi) is 4.75. The van der Waals surface area contributed by atoms with E-state index in [1.54, 1.807) is 0 Å². The smallest absolute Gasteiger partial charge is 0.163 e. The third-order valence-electron chi connectivity index (χ3n) is 1.59. The molecule has 0 N–H and O–H groups in total. The average molecular weight is 371 g/mol. The summed E-state index contributed by atoms with van der Waals surface area (Å²) in [7, 11) is 0. The van der Waals surface area contributed by atoms with E-state index in [1.165, 1.54) is 0 Å². The fraction of sp³-hybridized carbons (Fsp3) is 0.222. The van der Waals surface area contributed by atoms with E-state index in [2.05, 4.69) is 51.1 Å². The molecule has 0 bridgehead atoms. The van der Waals surface area contributed by atoms with Gasteiger partial charge in [-0.05, 0) is 34.7 Å². The Morgan fingerprint density at radius 3 is 2.77 bits per heavy atom. The number of thiol groups is 1. The minimum atomic E-state index is 0.156. The lowest BCUT2D eigenvalue weighted by Crippen LogP contribution is -1.99. The monoisotopic (exact) mass is 370 g/mol. The molecule has 0 unspecified atom stereocenters. The Morgan fingerprint density at radius 2 is 2.23 bits per heavy atom. The van der Waals surface area contributed by atoms with Gasteiger partial charge in [-0.15, -0.1) is 12.6 Å².